The van der Waals surface area contributed by atoms with Crippen LogP contribution < -0.4 is 9.80 Å². The van der Waals surface area contributed by atoms with Gasteiger partial charge in [-0.1, -0.05) is 273 Å². The summed E-state index contributed by atoms with van der Waals surface area (Å²) >= 11 is 0. The van der Waals surface area contributed by atoms with E-state index < -0.39 is 5.41 Å². The molecule has 3 heteroatoms. The number of aromatic nitrogens is 1. The Hall–Kier alpha value is -11.8. The Morgan fingerprint density at radius 1 is 0.222 bits per heavy atom. The lowest BCUT2D eigenvalue weighted by molar-refractivity contribution is 0.749. The van der Waals surface area contributed by atoms with Crippen molar-refractivity contribution in [3.63, 3.8) is 0 Å². The van der Waals surface area contributed by atoms with E-state index in [-0.39, 0.29) is 0 Å². The molecular weight excluding hydrogens is 1090 g/mol. The monoisotopic (exact) mass is 1140 g/mol. The van der Waals surface area contributed by atoms with E-state index in [0.717, 1.165) is 34.1 Å². The van der Waals surface area contributed by atoms with Crippen LogP contribution in [0.1, 0.15) is 22.3 Å². The van der Waals surface area contributed by atoms with Crippen molar-refractivity contribution in [2.24, 2.45) is 0 Å². The molecule has 0 bridgehead atoms. The third kappa shape index (κ3) is 7.86. The van der Waals surface area contributed by atoms with Crippen molar-refractivity contribution in [3.8, 4) is 61.3 Å². The van der Waals surface area contributed by atoms with Gasteiger partial charge in [-0.3, -0.25) is 0 Å². The van der Waals surface area contributed by atoms with Crippen molar-refractivity contribution in [2.75, 3.05) is 9.80 Å². The van der Waals surface area contributed by atoms with E-state index in [1.807, 2.05) is 0 Å². The normalized spacial score (nSPS) is 12.5. The first-order chi connectivity index (χ1) is 44.7. The largest absolute Gasteiger partial charge is 0.310 e. The lowest BCUT2D eigenvalue weighted by Crippen LogP contribution is -2.34. The number of para-hydroxylation sites is 3. The Labute approximate surface area is 523 Å². The SMILES string of the molecule is c1ccc(-c2ccc(N(c3ccc(-c4ccccc4)cc3)c3cc4c(c5ccccc35)-c3c(cc(N(c5ccc(-c6ccccc6)cc5)c5ccc(-c6ccccc6)cc5)c5ccccc35)C43c4ccccc4-n4c5ccccc5c5cccc3c54)cc2)cc1. The molecule has 0 amide bonds. The predicted octanol–water partition coefficient (Wildman–Crippen LogP) is 23.4. The first-order valence-electron chi connectivity index (χ1n) is 31.1. The first kappa shape index (κ1) is 51.4. The number of nitrogens with zero attached hydrogens (tertiary/aromatic N) is 3. The molecule has 0 unspecified atom stereocenters. The molecule has 0 fully saturated rings. The number of hydrogen-bond donors (Lipinski definition) is 0. The Morgan fingerprint density at radius 3 is 0.944 bits per heavy atom. The fourth-order valence-electron chi connectivity index (χ4n) is 15.2. The highest BCUT2D eigenvalue weighted by molar-refractivity contribution is 6.20. The number of fused-ring (bicyclic) bond motifs is 16. The molecule has 3 nitrogen and oxygen atoms in total. The molecule has 2 heterocycles. The number of hydrogen-bond acceptors (Lipinski definition) is 2. The highest BCUT2D eigenvalue weighted by Gasteiger charge is 2.53. The van der Waals surface area contributed by atoms with Crippen LogP contribution in [0, 0.1) is 0 Å². The fourth-order valence-corrected chi connectivity index (χ4v) is 15.2. The zero-order valence-electron chi connectivity index (χ0n) is 49.3. The quantitative estimate of drug-likeness (QED) is 0.135. The van der Waals surface area contributed by atoms with Gasteiger partial charge in [-0.15, -0.1) is 0 Å². The van der Waals surface area contributed by atoms with Crippen LogP contribution in [-0.2, 0) is 5.41 Å². The second-order valence-corrected chi connectivity index (χ2v) is 23.9. The predicted molar refractivity (Wildman–Crippen MR) is 378 cm³/mol. The Bertz CT molecular complexity index is 5000. The van der Waals surface area contributed by atoms with Crippen LogP contribution in [-0.4, -0.2) is 4.57 Å². The minimum absolute atomic E-state index is 0.845. The van der Waals surface area contributed by atoms with E-state index in [1.54, 1.807) is 0 Å². The number of rotatable bonds is 10. The van der Waals surface area contributed by atoms with E-state index in [1.165, 1.54) is 127 Å². The van der Waals surface area contributed by atoms with Gasteiger partial charge in [0, 0.05) is 44.3 Å². The van der Waals surface area contributed by atoms with Crippen molar-refractivity contribution in [3.05, 3.63) is 368 Å². The summed E-state index contributed by atoms with van der Waals surface area (Å²) in [6.45, 7) is 0. The number of benzene rings is 15. The van der Waals surface area contributed by atoms with E-state index in [4.69, 9.17) is 0 Å². The minimum Gasteiger partial charge on any atom is -0.310 e. The lowest BCUT2D eigenvalue weighted by atomic mass is 9.65. The maximum absolute atomic E-state index is 2.60. The smallest absolute Gasteiger partial charge is 0.0756 e. The molecule has 15 aromatic carbocycles. The molecule has 0 N–H and O–H groups in total. The van der Waals surface area contributed by atoms with Crippen LogP contribution in [0.5, 0.6) is 0 Å². The third-order valence-corrected chi connectivity index (χ3v) is 19.2. The lowest BCUT2D eigenvalue weighted by Gasteiger charge is -2.40. The first-order valence-corrected chi connectivity index (χ1v) is 31.1. The summed E-state index contributed by atoms with van der Waals surface area (Å²) in [5.41, 5.74) is 26.2. The molecule has 0 saturated heterocycles. The molecule has 2 aliphatic rings. The number of anilines is 6. The van der Waals surface area contributed by atoms with Crippen molar-refractivity contribution in [2.45, 2.75) is 5.41 Å². The zero-order chi connectivity index (χ0) is 59.3. The molecule has 1 aliphatic heterocycles. The average Bonchev–Trinajstić information content (AvgIpc) is 1.47. The fraction of sp³-hybridized carbons (Fsp3) is 0.0115. The average molecular weight is 1140 g/mol. The summed E-state index contributed by atoms with van der Waals surface area (Å²) in [5, 5.41) is 7.22. The van der Waals surface area contributed by atoms with Gasteiger partial charge >= 0.3 is 0 Å². The van der Waals surface area contributed by atoms with Gasteiger partial charge in [0.05, 0.1) is 33.5 Å². The third-order valence-electron chi connectivity index (χ3n) is 19.2. The standard InChI is InChI=1S/C87H57N3/c1-5-22-58(23-6-1)62-40-48-66(49-41-62)88(67-50-42-63(43-51-67)59-24-7-2-8-25-59)82-56-78-84(73-33-15-13-30-70(73)82)85-74-34-16-14-31-71(74)83(57-79(85)87(78)76-36-18-20-39-81(76)90-80-38-19-17-32-72(80)75-35-21-37-77(87)86(75)90)89(68-52-44-64(45-53-68)60-26-9-3-10-27-60)69-54-46-65(47-55-69)61-28-11-4-12-29-61/h1-57H. The van der Waals surface area contributed by atoms with Gasteiger partial charge in [-0.2, -0.15) is 0 Å². The highest BCUT2D eigenvalue weighted by atomic mass is 15.2. The van der Waals surface area contributed by atoms with E-state index in [0.29, 0.717) is 0 Å². The Kier molecular flexibility index (Phi) is 11.8. The van der Waals surface area contributed by atoms with Crippen molar-refractivity contribution in [1.29, 1.82) is 0 Å². The maximum Gasteiger partial charge on any atom is 0.0756 e. The summed E-state index contributed by atoms with van der Waals surface area (Å²) in [7, 11) is 0. The molecule has 90 heavy (non-hydrogen) atoms. The van der Waals surface area contributed by atoms with Crippen LogP contribution in [0.3, 0.4) is 0 Å². The van der Waals surface area contributed by atoms with Crippen LogP contribution in [0.25, 0.3) is 105 Å². The van der Waals surface area contributed by atoms with Crippen LogP contribution in [0.4, 0.5) is 34.1 Å². The molecule has 0 atom stereocenters. The summed E-state index contributed by atoms with van der Waals surface area (Å²) in [6, 6.07) is 129. The van der Waals surface area contributed by atoms with E-state index in [2.05, 4.69) is 360 Å². The molecule has 0 saturated carbocycles. The highest BCUT2D eigenvalue weighted by Crippen LogP contribution is 2.66. The summed E-state index contributed by atoms with van der Waals surface area (Å²) < 4.78 is 2.56. The topological polar surface area (TPSA) is 11.4 Å². The maximum atomic E-state index is 2.60. The van der Waals surface area contributed by atoms with Crippen molar-refractivity contribution in [1.82, 2.24) is 4.57 Å². The van der Waals surface area contributed by atoms with E-state index >= 15 is 0 Å². The second-order valence-electron chi connectivity index (χ2n) is 23.9. The van der Waals surface area contributed by atoms with Gasteiger partial charge in [0.25, 0.3) is 0 Å². The van der Waals surface area contributed by atoms with Gasteiger partial charge in [0.1, 0.15) is 0 Å². The molecule has 1 aromatic heterocycles. The van der Waals surface area contributed by atoms with E-state index in [9.17, 15) is 0 Å². The van der Waals surface area contributed by atoms with Gasteiger partial charge in [0.15, 0.2) is 0 Å². The van der Waals surface area contributed by atoms with Gasteiger partial charge in [-0.25, -0.2) is 0 Å². The molecular formula is C87H57N3. The van der Waals surface area contributed by atoms with Gasteiger partial charge in [-0.05, 0) is 161 Å². The minimum atomic E-state index is -0.845. The summed E-state index contributed by atoms with van der Waals surface area (Å²) in [6.07, 6.45) is 0. The van der Waals surface area contributed by atoms with Crippen LogP contribution >= 0.6 is 0 Å². The Morgan fingerprint density at radius 2 is 0.533 bits per heavy atom. The zero-order valence-corrected chi connectivity index (χ0v) is 49.3. The van der Waals surface area contributed by atoms with Gasteiger partial charge in [0.2, 0.25) is 0 Å². The molecule has 0 radical (unpaired) electrons. The molecule has 420 valence electrons. The molecule has 16 aromatic rings. The van der Waals surface area contributed by atoms with Crippen molar-refractivity contribution < 1.29 is 0 Å². The van der Waals surface area contributed by atoms with Gasteiger partial charge < -0.3 is 14.4 Å². The van der Waals surface area contributed by atoms with Crippen LogP contribution in [0.2, 0.25) is 0 Å². The molecule has 18 rings (SSSR count). The van der Waals surface area contributed by atoms with Crippen molar-refractivity contribution >= 4 is 77.5 Å². The molecule has 1 aliphatic carbocycles. The second kappa shape index (κ2) is 20.7. The van der Waals surface area contributed by atoms with Crippen LogP contribution in [0.15, 0.2) is 346 Å². The Balaban J connectivity index is 0.958. The summed E-state index contributed by atoms with van der Waals surface area (Å²) in [4.78, 5) is 5.03. The summed E-state index contributed by atoms with van der Waals surface area (Å²) in [5.74, 6) is 0. The molecule has 1 spiro atoms.